The molecule has 0 radical (unpaired) electrons. The Morgan fingerprint density at radius 1 is 1.37 bits per heavy atom. The van der Waals surface area contributed by atoms with E-state index in [9.17, 15) is 9.59 Å². The number of amides is 2. The van der Waals surface area contributed by atoms with E-state index in [4.69, 9.17) is 10.5 Å². The maximum Gasteiger partial charge on any atom is 0.257 e. The highest BCUT2D eigenvalue weighted by molar-refractivity contribution is 5.93. The number of nitrogens with one attached hydrogen (secondary N) is 1. The second-order valence-electron chi connectivity index (χ2n) is 4.34. The molecule has 0 bridgehead atoms. The number of primary amides is 1. The number of hydrogen-bond donors (Lipinski definition) is 2. The number of nitrogens with two attached hydrogens (primary N) is 1. The fraction of sp³-hybridized carbons (Fsp3) is 0.429. The Bertz CT molecular complexity index is 458. The van der Waals surface area contributed by atoms with Crippen LogP contribution in [-0.2, 0) is 4.79 Å². The van der Waals surface area contributed by atoms with E-state index in [2.05, 4.69) is 12.2 Å². The molecule has 0 aliphatic heterocycles. The highest BCUT2D eigenvalue weighted by Gasteiger charge is 2.07. The van der Waals surface area contributed by atoms with E-state index in [1.54, 1.807) is 18.2 Å². The predicted octanol–water partition coefficient (Wildman–Crippen LogP) is 1.39. The lowest BCUT2D eigenvalue weighted by molar-refractivity contribution is -0.123. The molecule has 1 aromatic carbocycles. The Balaban J connectivity index is 2.54. The molecule has 0 fully saturated rings. The number of ether oxygens (including phenoxy) is 1. The molecule has 0 aromatic heterocycles. The van der Waals surface area contributed by atoms with Crippen molar-refractivity contribution >= 4 is 11.8 Å². The third-order valence-electron chi connectivity index (χ3n) is 2.68. The molecule has 0 spiro atoms. The monoisotopic (exact) mass is 264 g/mol. The number of unbranched alkanes of at least 4 members (excludes halogenated alkanes) is 1. The molecule has 0 aliphatic rings. The van der Waals surface area contributed by atoms with Crippen LogP contribution < -0.4 is 15.8 Å². The van der Waals surface area contributed by atoms with Gasteiger partial charge in [0.05, 0.1) is 0 Å². The smallest absolute Gasteiger partial charge is 0.257 e. The summed E-state index contributed by atoms with van der Waals surface area (Å²) in [5.74, 6) is -0.184. The summed E-state index contributed by atoms with van der Waals surface area (Å²) in [4.78, 5) is 22.6. The zero-order valence-corrected chi connectivity index (χ0v) is 11.4. The van der Waals surface area contributed by atoms with E-state index in [1.807, 2.05) is 6.92 Å². The predicted molar refractivity (Wildman–Crippen MR) is 73.1 cm³/mol. The van der Waals surface area contributed by atoms with Crippen LogP contribution in [0, 0.1) is 6.92 Å². The normalized spacial score (nSPS) is 10.0. The molecule has 0 saturated carbocycles. The van der Waals surface area contributed by atoms with Crippen LogP contribution in [0.15, 0.2) is 18.2 Å². The van der Waals surface area contributed by atoms with Crippen LogP contribution in [-0.4, -0.2) is 25.0 Å². The Labute approximate surface area is 113 Å². The molecule has 0 unspecified atom stereocenters. The van der Waals surface area contributed by atoms with E-state index < -0.39 is 5.91 Å². The van der Waals surface area contributed by atoms with Crippen molar-refractivity contribution in [3.63, 3.8) is 0 Å². The standard InChI is InChI=1S/C14H20N2O3/c1-3-4-7-16-13(17)9-19-12-8-11(14(15)18)6-5-10(12)2/h5-6,8H,3-4,7,9H2,1-2H3,(H2,15,18)(H,16,17). The molecule has 5 heteroatoms. The fourth-order valence-electron chi connectivity index (χ4n) is 1.51. The molecule has 5 nitrogen and oxygen atoms in total. The average Bonchev–Trinajstić information content (AvgIpc) is 2.37. The van der Waals surface area contributed by atoms with Crippen molar-refractivity contribution in [3.8, 4) is 5.75 Å². The van der Waals surface area contributed by atoms with Gasteiger partial charge in [0.15, 0.2) is 6.61 Å². The molecule has 0 aliphatic carbocycles. The molecule has 104 valence electrons. The van der Waals surface area contributed by atoms with E-state index in [-0.39, 0.29) is 12.5 Å². The summed E-state index contributed by atoms with van der Waals surface area (Å²) < 4.78 is 5.40. The van der Waals surface area contributed by atoms with Crippen LogP contribution in [0.1, 0.15) is 35.7 Å². The molecule has 2 amide bonds. The van der Waals surface area contributed by atoms with Crippen LogP contribution >= 0.6 is 0 Å². The van der Waals surface area contributed by atoms with Gasteiger partial charge < -0.3 is 15.8 Å². The maximum atomic E-state index is 11.5. The second kappa shape index (κ2) is 7.41. The summed E-state index contributed by atoms with van der Waals surface area (Å²) >= 11 is 0. The van der Waals surface area contributed by atoms with E-state index in [0.29, 0.717) is 17.9 Å². The van der Waals surface area contributed by atoms with Crippen molar-refractivity contribution in [2.45, 2.75) is 26.7 Å². The lowest BCUT2D eigenvalue weighted by Crippen LogP contribution is -2.29. The van der Waals surface area contributed by atoms with Crippen LogP contribution in [0.5, 0.6) is 5.75 Å². The summed E-state index contributed by atoms with van der Waals surface area (Å²) in [5.41, 5.74) is 6.42. The van der Waals surface area contributed by atoms with Crippen molar-refractivity contribution < 1.29 is 14.3 Å². The summed E-state index contributed by atoms with van der Waals surface area (Å²) in [5, 5.41) is 2.76. The van der Waals surface area contributed by atoms with Crippen LogP contribution in [0.3, 0.4) is 0 Å². The molecular weight excluding hydrogens is 244 g/mol. The number of carbonyl (C=O) groups is 2. The number of benzene rings is 1. The number of carbonyl (C=O) groups excluding carboxylic acids is 2. The first-order valence-electron chi connectivity index (χ1n) is 6.34. The molecular formula is C14H20N2O3. The highest BCUT2D eigenvalue weighted by atomic mass is 16.5. The third-order valence-corrected chi connectivity index (χ3v) is 2.68. The molecule has 0 saturated heterocycles. The minimum absolute atomic E-state index is 0.0627. The first kappa shape index (κ1) is 15.0. The molecule has 3 N–H and O–H groups in total. The van der Waals surface area contributed by atoms with Gasteiger partial charge in [-0.15, -0.1) is 0 Å². The van der Waals surface area contributed by atoms with E-state index >= 15 is 0 Å². The Morgan fingerprint density at radius 2 is 2.11 bits per heavy atom. The third kappa shape index (κ3) is 4.99. The van der Waals surface area contributed by atoms with Gasteiger partial charge in [-0.25, -0.2) is 0 Å². The summed E-state index contributed by atoms with van der Waals surface area (Å²) in [7, 11) is 0. The minimum Gasteiger partial charge on any atom is -0.483 e. The van der Waals surface area contributed by atoms with Crippen LogP contribution in [0.25, 0.3) is 0 Å². The average molecular weight is 264 g/mol. The van der Waals surface area contributed by atoms with Gasteiger partial charge in [0.2, 0.25) is 5.91 Å². The van der Waals surface area contributed by atoms with Crippen LogP contribution in [0.2, 0.25) is 0 Å². The van der Waals surface area contributed by atoms with Crippen molar-refractivity contribution in [3.05, 3.63) is 29.3 Å². The maximum absolute atomic E-state index is 11.5. The SMILES string of the molecule is CCCCNC(=O)COc1cc(C(N)=O)ccc1C. The summed E-state index contributed by atoms with van der Waals surface area (Å²) in [6.45, 7) is 4.49. The molecule has 1 rings (SSSR count). The van der Waals surface area contributed by atoms with E-state index in [1.165, 1.54) is 0 Å². The number of rotatable bonds is 7. The summed E-state index contributed by atoms with van der Waals surface area (Å²) in [6.07, 6.45) is 1.98. The zero-order chi connectivity index (χ0) is 14.3. The van der Waals surface area contributed by atoms with Crippen LogP contribution in [0.4, 0.5) is 0 Å². The van der Waals surface area contributed by atoms with Gasteiger partial charge in [0.1, 0.15) is 5.75 Å². The lowest BCUT2D eigenvalue weighted by Gasteiger charge is -2.10. The van der Waals surface area contributed by atoms with E-state index in [0.717, 1.165) is 18.4 Å². The minimum atomic E-state index is -0.516. The Kier molecular flexibility index (Phi) is 5.85. The van der Waals surface area contributed by atoms with Gasteiger partial charge in [0.25, 0.3) is 5.91 Å². The topological polar surface area (TPSA) is 81.4 Å². The van der Waals surface area contributed by atoms with Crippen molar-refractivity contribution in [2.24, 2.45) is 5.73 Å². The van der Waals surface area contributed by atoms with Gasteiger partial charge in [-0.05, 0) is 31.0 Å². The fourth-order valence-corrected chi connectivity index (χ4v) is 1.51. The largest absolute Gasteiger partial charge is 0.483 e. The lowest BCUT2D eigenvalue weighted by atomic mass is 10.1. The summed E-state index contributed by atoms with van der Waals surface area (Å²) in [6, 6.07) is 4.92. The van der Waals surface area contributed by atoms with Gasteiger partial charge in [-0.3, -0.25) is 9.59 Å². The molecule has 1 aromatic rings. The number of hydrogen-bond acceptors (Lipinski definition) is 3. The van der Waals surface area contributed by atoms with Gasteiger partial charge in [-0.1, -0.05) is 19.4 Å². The van der Waals surface area contributed by atoms with Crippen molar-refractivity contribution in [1.29, 1.82) is 0 Å². The molecule has 0 atom stereocenters. The second-order valence-corrected chi connectivity index (χ2v) is 4.34. The molecule has 0 heterocycles. The first-order valence-corrected chi connectivity index (χ1v) is 6.34. The van der Waals surface area contributed by atoms with Crippen molar-refractivity contribution in [2.75, 3.05) is 13.2 Å². The van der Waals surface area contributed by atoms with Gasteiger partial charge in [0, 0.05) is 12.1 Å². The highest BCUT2D eigenvalue weighted by Crippen LogP contribution is 2.19. The number of aryl methyl sites for hydroxylation is 1. The zero-order valence-electron chi connectivity index (χ0n) is 11.4. The quantitative estimate of drug-likeness (QED) is 0.730. The van der Waals surface area contributed by atoms with Gasteiger partial charge in [-0.2, -0.15) is 0 Å². The molecule has 19 heavy (non-hydrogen) atoms. The first-order chi connectivity index (χ1) is 9.04. The Hall–Kier alpha value is -2.04. The van der Waals surface area contributed by atoms with Crippen molar-refractivity contribution in [1.82, 2.24) is 5.32 Å². The Morgan fingerprint density at radius 3 is 2.74 bits per heavy atom. The van der Waals surface area contributed by atoms with Gasteiger partial charge >= 0.3 is 0 Å².